The van der Waals surface area contributed by atoms with Crippen molar-refractivity contribution < 1.29 is 14.3 Å². The third kappa shape index (κ3) is 7.82. The van der Waals surface area contributed by atoms with E-state index < -0.39 is 6.09 Å². The fourth-order valence-electron chi connectivity index (χ4n) is 0.735. The SMILES string of the molecule is CCCOCCOC(=O)NC(N)CC. The number of rotatable bonds is 7. The summed E-state index contributed by atoms with van der Waals surface area (Å²) in [6, 6.07) is 0. The number of ether oxygens (including phenoxy) is 2. The molecule has 0 rings (SSSR count). The Morgan fingerprint density at radius 3 is 2.64 bits per heavy atom. The molecule has 0 bridgehead atoms. The van der Waals surface area contributed by atoms with Gasteiger partial charge in [-0.15, -0.1) is 0 Å². The number of carbonyl (C=O) groups is 1. The molecule has 0 saturated heterocycles. The molecule has 0 heterocycles. The molecule has 0 radical (unpaired) electrons. The number of hydrogen-bond donors (Lipinski definition) is 2. The lowest BCUT2D eigenvalue weighted by Crippen LogP contribution is -2.41. The highest BCUT2D eigenvalue weighted by molar-refractivity contribution is 5.67. The number of nitrogens with two attached hydrogens (primary N) is 1. The van der Waals surface area contributed by atoms with Crippen LogP contribution in [0.2, 0.25) is 0 Å². The molecule has 0 saturated carbocycles. The lowest BCUT2D eigenvalue weighted by molar-refractivity contribution is 0.0718. The summed E-state index contributed by atoms with van der Waals surface area (Å²) >= 11 is 0. The van der Waals surface area contributed by atoms with E-state index >= 15 is 0 Å². The van der Waals surface area contributed by atoms with E-state index in [9.17, 15) is 4.79 Å². The number of alkyl carbamates (subject to hydrolysis) is 1. The van der Waals surface area contributed by atoms with E-state index in [1.165, 1.54) is 0 Å². The summed E-state index contributed by atoms with van der Waals surface area (Å²) in [7, 11) is 0. The minimum Gasteiger partial charge on any atom is -0.447 e. The molecule has 5 nitrogen and oxygen atoms in total. The molecular formula is C9H20N2O3. The van der Waals surface area contributed by atoms with Gasteiger partial charge in [0.05, 0.1) is 12.8 Å². The summed E-state index contributed by atoms with van der Waals surface area (Å²) < 4.78 is 9.93. The second-order valence-electron chi connectivity index (χ2n) is 2.91. The summed E-state index contributed by atoms with van der Waals surface area (Å²) in [6.07, 6.45) is 0.826. The first kappa shape index (κ1) is 13.2. The lowest BCUT2D eigenvalue weighted by Gasteiger charge is -2.11. The Morgan fingerprint density at radius 2 is 2.07 bits per heavy atom. The van der Waals surface area contributed by atoms with E-state index in [0.29, 0.717) is 19.6 Å². The van der Waals surface area contributed by atoms with Crippen molar-refractivity contribution >= 4 is 6.09 Å². The van der Waals surface area contributed by atoms with Gasteiger partial charge in [-0.2, -0.15) is 0 Å². The van der Waals surface area contributed by atoms with E-state index in [4.69, 9.17) is 15.2 Å². The van der Waals surface area contributed by atoms with Crippen molar-refractivity contribution in [2.75, 3.05) is 19.8 Å². The van der Waals surface area contributed by atoms with Crippen molar-refractivity contribution in [3.63, 3.8) is 0 Å². The van der Waals surface area contributed by atoms with Gasteiger partial charge in [-0.1, -0.05) is 13.8 Å². The maximum atomic E-state index is 11.0. The zero-order valence-electron chi connectivity index (χ0n) is 8.91. The first-order chi connectivity index (χ1) is 6.70. The molecule has 0 spiro atoms. The monoisotopic (exact) mass is 204 g/mol. The van der Waals surface area contributed by atoms with E-state index in [1.807, 2.05) is 13.8 Å². The molecule has 0 aliphatic heterocycles. The Kier molecular flexibility index (Phi) is 8.27. The summed E-state index contributed by atoms with van der Waals surface area (Å²) in [5.74, 6) is 0. The number of hydrogen-bond acceptors (Lipinski definition) is 4. The van der Waals surface area contributed by atoms with Crippen LogP contribution in [-0.4, -0.2) is 32.1 Å². The Hall–Kier alpha value is -0.810. The summed E-state index contributed by atoms with van der Waals surface area (Å²) in [4.78, 5) is 11.0. The van der Waals surface area contributed by atoms with Crippen LogP contribution in [0.25, 0.3) is 0 Å². The zero-order chi connectivity index (χ0) is 10.8. The third-order valence-electron chi connectivity index (χ3n) is 1.55. The van der Waals surface area contributed by atoms with Crippen LogP contribution in [0.1, 0.15) is 26.7 Å². The standard InChI is InChI=1S/C9H20N2O3/c1-3-5-13-6-7-14-9(12)11-8(10)4-2/h8H,3-7,10H2,1-2H3,(H,11,12). The predicted molar refractivity (Wildman–Crippen MR) is 53.9 cm³/mol. The van der Waals surface area contributed by atoms with Crippen LogP contribution in [0, 0.1) is 0 Å². The van der Waals surface area contributed by atoms with Gasteiger partial charge in [0.15, 0.2) is 0 Å². The van der Waals surface area contributed by atoms with Gasteiger partial charge in [-0.3, -0.25) is 0 Å². The fraction of sp³-hybridized carbons (Fsp3) is 0.889. The van der Waals surface area contributed by atoms with Crippen molar-refractivity contribution in [2.45, 2.75) is 32.9 Å². The van der Waals surface area contributed by atoms with Crippen molar-refractivity contribution in [3.8, 4) is 0 Å². The average molecular weight is 204 g/mol. The Morgan fingerprint density at radius 1 is 1.36 bits per heavy atom. The lowest BCUT2D eigenvalue weighted by atomic mass is 10.4. The molecule has 0 aliphatic rings. The van der Waals surface area contributed by atoms with Crippen LogP contribution in [-0.2, 0) is 9.47 Å². The van der Waals surface area contributed by atoms with Crippen molar-refractivity contribution in [3.05, 3.63) is 0 Å². The molecule has 0 aromatic carbocycles. The van der Waals surface area contributed by atoms with Gasteiger partial charge in [0, 0.05) is 6.61 Å². The van der Waals surface area contributed by atoms with Crippen LogP contribution >= 0.6 is 0 Å². The Labute approximate surface area is 84.9 Å². The Bertz CT molecular complexity index is 153. The maximum Gasteiger partial charge on any atom is 0.408 e. The molecule has 0 aromatic heterocycles. The molecule has 84 valence electrons. The largest absolute Gasteiger partial charge is 0.447 e. The highest BCUT2D eigenvalue weighted by Gasteiger charge is 2.05. The molecule has 1 atom stereocenters. The molecule has 14 heavy (non-hydrogen) atoms. The second-order valence-corrected chi connectivity index (χ2v) is 2.91. The predicted octanol–water partition coefficient (Wildman–Crippen LogP) is 0.834. The normalized spacial score (nSPS) is 12.2. The van der Waals surface area contributed by atoms with E-state index in [1.54, 1.807) is 0 Å². The minimum absolute atomic E-state index is 0.266. The van der Waals surface area contributed by atoms with Crippen molar-refractivity contribution in [2.24, 2.45) is 5.73 Å². The zero-order valence-corrected chi connectivity index (χ0v) is 8.91. The second kappa shape index (κ2) is 8.77. The van der Waals surface area contributed by atoms with Gasteiger partial charge in [0.1, 0.15) is 6.61 Å². The first-order valence-electron chi connectivity index (χ1n) is 4.97. The van der Waals surface area contributed by atoms with Crippen LogP contribution < -0.4 is 11.1 Å². The summed E-state index contributed by atoms with van der Waals surface area (Å²) in [5, 5.41) is 2.48. The molecule has 0 fully saturated rings. The van der Waals surface area contributed by atoms with Crippen LogP contribution in [0.3, 0.4) is 0 Å². The molecule has 1 amide bonds. The quantitative estimate of drug-likeness (QED) is 0.476. The van der Waals surface area contributed by atoms with E-state index in [-0.39, 0.29) is 12.8 Å². The number of amides is 1. The Balaban J connectivity index is 3.27. The summed E-state index contributed by atoms with van der Waals surface area (Å²) in [5.41, 5.74) is 5.48. The first-order valence-corrected chi connectivity index (χ1v) is 4.97. The smallest absolute Gasteiger partial charge is 0.408 e. The molecule has 0 aliphatic carbocycles. The number of nitrogens with one attached hydrogen (secondary N) is 1. The van der Waals surface area contributed by atoms with Crippen molar-refractivity contribution in [1.29, 1.82) is 0 Å². The van der Waals surface area contributed by atoms with Gasteiger partial charge in [-0.05, 0) is 12.8 Å². The van der Waals surface area contributed by atoms with Gasteiger partial charge >= 0.3 is 6.09 Å². The number of carbonyl (C=O) groups excluding carboxylic acids is 1. The van der Waals surface area contributed by atoms with Gasteiger partial charge in [0.25, 0.3) is 0 Å². The molecule has 5 heteroatoms. The topological polar surface area (TPSA) is 73.6 Å². The van der Waals surface area contributed by atoms with E-state index in [0.717, 1.165) is 6.42 Å². The molecular weight excluding hydrogens is 184 g/mol. The van der Waals surface area contributed by atoms with Gasteiger partial charge in [0.2, 0.25) is 0 Å². The third-order valence-corrected chi connectivity index (χ3v) is 1.55. The van der Waals surface area contributed by atoms with Crippen LogP contribution in [0.5, 0.6) is 0 Å². The molecule has 3 N–H and O–H groups in total. The van der Waals surface area contributed by atoms with Crippen LogP contribution in [0.15, 0.2) is 0 Å². The highest BCUT2D eigenvalue weighted by atomic mass is 16.6. The molecule has 1 unspecified atom stereocenters. The average Bonchev–Trinajstić information content (AvgIpc) is 2.17. The van der Waals surface area contributed by atoms with E-state index in [2.05, 4.69) is 5.32 Å². The highest BCUT2D eigenvalue weighted by Crippen LogP contribution is 1.85. The van der Waals surface area contributed by atoms with Gasteiger partial charge in [-0.25, -0.2) is 4.79 Å². The molecule has 0 aromatic rings. The minimum atomic E-state index is -0.487. The summed E-state index contributed by atoms with van der Waals surface area (Å²) in [6.45, 7) is 5.30. The van der Waals surface area contributed by atoms with Crippen molar-refractivity contribution in [1.82, 2.24) is 5.32 Å². The van der Waals surface area contributed by atoms with Gasteiger partial charge < -0.3 is 20.5 Å². The maximum absolute atomic E-state index is 11.0. The van der Waals surface area contributed by atoms with Crippen LogP contribution in [0.4, 0.5) is 4.79 Å². The fourth-order valence-corrected chi connectivity index (χ4v) is 0.735.